The molecule has 94 valence electrons. The maximum atomic E-state index is 12.0. The maximum Gasteiger partial charge on any atom is 0.237 e. The van der Waals surface area contributed by atoms with Gasteiger partial charge >= 0.3 is 0 Å². The number of nitrogens with one attached hydrogen (secondary N) is 2. The summed E-state index contributed by atoms with van der Waals surface area (Å²) in [7, 11) is 0. The van der Waals surface area contributed by atoms with Gasteiger partial charge in [-0.25, -0.2) is 0 Å². The number of amides is 1. The number of oxime groups is 1. The Labute approximate surface area is 99.1 Å². The molecule has 1 aromatic heterocycles. The number of hydrogen-bond donors (Lipinski definition) is 4. The molecule has 0 radical (unpaired) electrons. The monoisotopic (exact) mass is 239 g/mol. The van der Waals surface area contributed by atoms with Crippen molar-refractivity contribution < 1.29 is 10.0 Å². The van der Waals surface area contributed by atoms with Crippen molar-refractivity contribution in [2.45, 2.75) is 27.7 Å². The normalized spacial score (nSPS) is 12.6. The Morgan fingerprint density at radius 2 is 2.12 bits per heavy atom. The van der Waals surface area contributed by atoms with Crippen LogP contribution in [0.5, 0.6) is 0 Å². The molecule has 7 nitrogen and oxygen atoms in total. The van der Waals surface area contributed by atoms with Crippen molar-refractivity contribution in [3.8, 4) is 0 Å². The lowest BCUT2D eigenvalue weighted by atomic mass is 9.91. The van der Waals surface area contributed by atoms with E-state index < -0.39 is 5.41 Å². The van der Waals surface area contributed by atoms with E-state index in [0.717, 1.165) is 5.69 Å². The summed E-state index contributed by atoms with van der Waals surface area (Å²) in [5.41, 5.74) is 6.44. The van der Waals surface area contributed by atoms with Crippen LogP contribution in [0.15, 0.2) is 5.16 Å². The number of hydrogen-bond acceptors (Lipinski definition) is 4. The van der Waals surface area contributed by atoms with E-state index in [1.807, 2.05) is 0 Å². The third kappa shape index (κ3) is 2.38. The van der Waals surface area contributed by atoms with Gasteiger partial charge < -0.3 is 16.3 Å². The van der Waals surface area contributed by atoms with E-state index in [2.05, 4.69) is 20.7 Å². The minimum atomic E-state index is -1.09. The number of aromatic amines is 1. The van der Waals surface area contributed by atoms with Crippen molar-refractivity contribution >= 4 is 17.4 Å². The summed E-state index contributed by atoms with van der Waals surface area (Å²) >= 11 is 0. The van der Waals surface area contributed by atoms with Crippen LogP contribution in [0.25, 0.3) is 0 Å². The van der Waals surface area contributed by atoms with Gasteiger partial charge in [0.25, 0.3) is 0 Å². The average molecular weight is 239 g/mol. The Balaban J connectivity index is 2.94. The van der Waals surface area contributed by atoms with E-state index in [4.69, 9.17) is 10.9 Å². The fourth-order valence-corrected chi connectivity index (χ4v) is 1.25. The van der Waals surface area contributed by atoms with Crippen molar-refractivity contribution in [1.29, 1.82) is 0 Å². The predicted octanol–water partition coefficient (Wildman–Crippen LogP) is 0.738. The molecule has 5 N–H and O–H groups in total. The first-order chi connectivity index (χ1) is 7.80. The first-order valence-electron chi connectivity index (χ1n) is 5.11. The van der Waals surface area contributed by atoms with E-state index in [-0.39, 0.29) is 11.7 Å². The van der Waals surface area contributed by atoms with Crippen molar-refractivity contribution in [2.75, 3.05) is 5.32 Å². The number of rotatable bonds is 3. The van der Waals surface area contributed by atoms with Crippen molar-refractivity contribution in [3.05, 3.63) is 11.4 Å². The standard InChI is InChI=1S/C10H17N5O2/c1-5-7(6(2)14-13-5)12-9(16)10(3,4)8(11)15-17/h17H,1-4H3,(H2,11,15)(H,12,16)(H,13,14). The van der Waals surface area contributed by atoms with E-state index in [1.54, 1.807) is 27.7 Å². The molecule has 0 spiro atoms. The number of amidine groups is 1. The van der Waals surface area contributed by atoms with E-state index in [1.165, 1.54) is 0 Å². The van der Waals surface area contributed by atoms with Crippen LogP contribution in [0.4, 0.5) is 5.69 Å². The molecule has 1 rings (SSSR count). The Morgan fingerprint density at radius 3 is 2.53 bits per heavy atom. The van der Waals surface area contributed by atoms with Crippen molar-refractivity contribution in [3.63, 3.8) is 0 Å². The average Bonchev–Trinajstić information content (AvgIpc) is 2.59. The van der Waals surface area contributed by atoms with Gasteiger partial charge in [0, 0.05) is 0 Å². The number of nitrogens with two attached hydrogens (primary N) is 1. The third-order valence-electron chi connectivity index (χ3n) is 2.68. The highest BCUT2D eigenvalue weighted by atomic mass is 16.4. The minimum absolute atomic E-state index is 0.145. The summed E-state index contributed by atoms with van der Waals surface area (Å²) in [6.45, 7) is 6.71. The van der Waals surface area contributed by atoms with Crippen LogP contribution in [0.3, 0.4) is 0 Å². The molecule has 0 aromatic carbocycles. The molecule has 0 saturated heterocycles. The van der Waals surface area contributed by atoms with Crippen LogP contribution >= 0.6 is 0 Å². The number of aromatic nitrogens is 2. The molecule has 1 heterocycles. The third-order valence-corrected chi connectivity index (χ3v) is 2.68. The number of carbonyl (C=O) groups excluding carboxylic acids is 1. The quantitative estimate of drug-likeness (QED) is 0.269. The van der Waals surface area contributed by atoms with Gasteiger partial charge in [0.2, 0.25) is 5.91 Å². The number of aryl methyl sites for hydroxylation is 2. The van der Waals surface area contributed by atoms with Gasteiger partial charge in [-0.2, -0.15) is 5.10 Å². The number of nitrogens with zero attached hydrogens (tertiary/aromatic N) is 2. The number of carbonyl (C=O) groups is 1. The summed E-state index contributed by atoms with van der Waals surface area (Å²) < 4.78 is 0. The molecule has 7 heteroatoms. The molecule has 0 aliphatic heterocycles. The highest BCUT2D eigenvalue weighted by Crippen LogP contribution is 2.22. The van der Waals surface area contributed by atoms with E-state index in [9.17, 15) is 4.79 Å². The van der Waals surface area contributed by atoms with Gasteiger partial charge in [0.05, 0.1) is 17.1 Å². The van der Waals surface area contributed by atoms with Gasteiger partial charge in [-0.3, -0.25) is 9.89 Å². The summed E-state index contributed by atoms with van der Waals surface area (Å²) in [5.74, 6) is -0.505. The Morgan fingerprint density at radius 1 is 1.53 bits per heavy atom. The van der Waals surface area contributed by atoms with Gasteiger partial charge in [-0.15, -0.1) is 0 Å². The van der Waals surface area contributed by atoms with Crippen LogP contribution in [0, 0.1) is 19.3 Å². The van der Waals surface area contributed by atoms with Gasteiger partial charge in [0.1, 0.15) is 5.41 Å². The Kier molecular flexibility index (Phi) is 3.40. The highest BCUT2D eigenvalue weighted by Gasteiger charge is 2.33. The van der Waals surface area contributed by atoms with Crippen LogP contribution in [0.1, 0.15) is 25.2 Å². The highest BCUT2D eigenvalue weighted by molar-refractivity contribution is 6.11. The Bertz CT molecular complexity index is 442. The van der Waals surface area contributed by atoms with Crippen LogP contribution < -0.4 is 11.1 Å². The Hall–Kier alpha value is -2.05. The zero-order valence-electron chi connectivity index (χ0n) is 10.3. The first kappa shape index (κ1) is 13.0. The molecule has 1 amide bonds. The second kappa shape index (κ2) is 4.44. The van der Waals surface area contributed by atoms with E-state index in [0.29, 0.717) is 11.4 Å². The molecule has 1 aromatic rings. The molecule has 0 aliphatic rings. The number of anilines is 1. The molecule has 0 fully saturated rings. The SMILES string of the molecule is Cc1n[nH]c(C)c1NC(=O)C(C)(C)C(N)=NO. The second-order valence-corrected chi connectivity index (χ2v) is 4.37. The van der Waals surface area contributed by atoms with Crippen LogP contribution in [-0.4, -0.2) is 27.1 Å². The van der Waals surface area contributed by atoms with Crippen molar-refractivity contribution in [2.24, 2.45) is 16.3 Å². The summed E-state index contributed by atoms with van der Waals surface area (Å²) in [6.07, 6.45) is 0. The molecule has 0 atom stereocenters. The summed E-state index contributed by atoms with van der Waals surface area (Å²) in [6, 6.07) is 0. The van der Waals surface area contributed by atoms with Gasteiger partial charge in [-0.05, 0) is 27.7 Å². The number of H-pyrrole nitrogens is 1. The zero-order chi connectivity index (χ0) is 13.2. The predicted molar refractivity (Wildman–Crippen MR) is 63.9 cm³/mol. The molecule has 0 unspecified atom stereocenters. The largest absolute Gasteiger partial charge is 0.409 e. The maximum absolute atomic E-state index is 12.0. The van der Waals surface area contributed by atoms with Crippen molar-refractivity contribution in [1.82, 2.24) is 10.2 Å². The second-order valence-electron chi connectivity index (χ2n) is 4.37. The fraction of sp³-hybridized carbons (Fsp3) is 0.500. The van der Waals surface area contributed by atoms with Crippen LogP contribution in [-0.2, 0) is 4.79 Å². The minimum Gasteiger partial charge on any atom is -0.409 e. The zero-order valence-corrected chi connectivity index (χ0v) is 10.3. The molecule has 0 aliphatic carbocycles. The topological polar surface area (TPSA) is 116 Å². The molecule has 0 saturated carbocycles. The van der Waals surface area contributed by atoms with Crippen LogP contribution in [0.2, 0.25) is 0 Å². The lowest BCUT2D eigenvalue weighted by Gasteiger charge is -2.21. The van der Waals surface area contributed by atoms with Gasteiger partial charge in [0.15, 0.2) is 5.84 Å². The smallest absolute Gasteiger partial charge is 0.237 e. The lowest BCUT2D eigenvalue weighted by Crippen LogP contribution is -2.42. The molecule has 17 heavy (non-hydrogen) atoms. The lowest BCUT2D eigenvalue weighted by molar-refractivity contribution is -0.121. The first-order valence-corrected chi connectivity index (χ1v) is 5.11. The molecule has 0 bridgehead atoms. The summed E-state index contributed by atoms with van der Waals surface area (Å²) in [5, 5.41) is 20.9. The molecular formula is C10H17N5O2. The molecular weight excluding hydrogens is 222 g/mol. The van der Waals surface area contributed by atoms with E-state index >= 15 is 0 Å². The summed E-state index contributed by atoms with van der Waals surface area (Å²) in [4.78, 5) is 12.0. The fourth-order valence-electron chi connectivity index (χ4n) is 1.25. The van der Waals surface area contributed by atoms with Gasteiger partial charge in [-0.1, -0.05) is 5.16 Å².